The number of benzene rings is 1. The first-order valence-corrected chi connectivity index (χ1v) is 8.28. The van der Waals surface area contributed by atoms with Gasteiger partial charge in [-0.15, -0.1) is 0 Å². The van der Waals surface area contributed by atoms with Gasteiger partial charge in [-0.05, 0) is 45.0 Å². The maximum Gasteiger partial charge on any atom is 0.274 e. The molecule has 3 rings (SSSR count). The topological polar surface area (TPSA) is 84.0 Å². The minimum absolute atomic E-state index is 0.166. The molecule has 0 spiro atoms. The summed E-state index contributed by atoms with van der Waals surface area (Å²) in [4.78, 5) is 33.3. The quantitative estimate of drug-likeness (QED) is 0.760. The van der Waals surface area contributed by atoms with E-state index in [1.165, 1.54) is 0 Å². The van der Waals surface area contributed by atoms with Crippen LogP contribution in [0.5, 0.6) is 0 Å². The Kier molecular flexibility index (Phi) is 4.67. The van der Waals surface area contributed by atoms with Gasteiger partial charge in [-0.25, -0.2) is 4.98 Å². The van der Waals surface area contributed by atoms with Gasteiger partial charge in [0.1, 0.15) is 11.4 Å². The maximum atomic E-state index is 12.6. The zero-order chi connectivity index (χ0) is 18.7. The molecule has 0 fully saturated rings. The fourth-order valence-electron chi connectivity index (χ4n) is 2.48. The lowest BCUT2D eigenvalue weighted by Gasteiger charge is -2.20. The number of amides is 2. The molecule has 26 heavy (non-hydrogen) atoms. The van der Waals surface area contributed by atoms with Gasteiger partial charge in [0.2, 0.25) is 0 Å². The smallest absolute Gasteiger partial charge is 0.274 e. The van der Waals surface area contributed by atoms with E-state index >= 15 is 0 Å². The number of hydrogen-bond donors (Lipinski definition) is 2. The lowest BCUT2D eigenvalue weighted by molar-refractivity contribution is 0.0914. The molecule has 0 aliphatic rings. The van der Waals surface area contributed by atoms with E-state index in [2.05, 4.69) is 20.6 Å². The van der Waals surface area contributed by atoms with E-state index in [1.807, 2.05) is 45.0 Å². The second-order valence-electron chi connectivity index (χ2n) is 6.95. The predicted octanol–water partition coefficient (Wildman–Crippen LogP) is 3.41. The second-order valence-corrected chi connectivity index (χ2v) is 6.95. The zero-order valence-electron chi connectivity index (χ0n) is 14.9. The Labute approximate surface area is 151 Å². The lowest BCUT2D eigenvalue weighted by Crippen LogP contribution is -2.41. The average molecular weight is 348 g/mol. The number of carbonyl (C=O) groups excluding carboxylic acids is 2. The van der Waals surface area contributed by atoms with Crippen LogP contribution in [0.1, 0.15) is 41.7 Å². The van der Waals surface area contributed by atoms with E-state index in [0.29, 0.717) is 11.2 Å². The van der Waals surface area contributed by atoms with Crippen LogP contribution in [0, 0.1) is 0 Å². The zero-order valence-corrected chi connectivity index (χ0v) is 14.9. The molecule has 0 aliphatic carbocycles. The van der Waals surface area contributed by atoms with Crippen LogP contribution in [0.2, 0.25) is 0 Å². The summed E-state index contributed by atoms with van der Waals surface area (Å²) in [6, 6.07) is 14.1. The van der Waals surface area contributed by atoms with Crippen molar-refractivity contribution in [2.45, 2.75) is 26.3 Å². The van der Waals surface area contributed by atoms with E-state index < -0.39 is 5.91 Å². The van der Waals surface area contributed by atoms with Crippen molar-refractivity contribution in [1.29, 1.82) is 0 Å². The highest BCUT2D eigenvalue weighted by molar-refractivity contribution is 6.07. The third kappa shape index (κ3) is 4.03. The number of anilines is 1. The largest absolute Gasteiger partial charge is 0.346 e. The minimum Gasteiger partial charge on any atom is -0.346 e. The average Bonchev–Trinajstić information content (AvgIpc) is 2.61. The van der Waals surface area contributed by atoms with Gasteiger partial charge in [-0.3, -0.25) is 14.6 Å². The molecule has 2 N–H and O–H groups in total. The summed E-state index contributed by atoms with van der Waals surface area (Å²) >= 11 is 0. The van der Waals surface area contributed by atoms with Crippen molar-refractivity contribution in [2.24, 2.45) is 0 Å². The van der Waals surface area contributed by atoms with Gasteiger partial charge in [-0.1, -0.05) is 24.3 Å². The molecule has 0 radical (unpaired) electrons. The standard InChI is InChI=1S/C20H20N4O2/c1-20(2,3)24-19(26)16-11-5-10-15(22-16)18(25)23-14-9-4-7-13-8-6-12-21-17(13)14/h4-12H,1-3H3,(H,23,25)(H,24,26). The van der Waals surface area contributed by atoms with E-state index in [9.17, 15) is 9.59 Å². The van der Waals surface area contributed by atoms with Crippen molar-refractivity contribution in [3.8, 4) is 0 Å². The van der Waals surface area contributed by atoms with E-state index in [-0.39, 0.29) is 22.8 Å². The number of hydrogen-bond acceptors (Lipinski definition) is 4. The summed E-state index contributed by atoms with van der Waals surface area (Å²) in [5, 5.41) is 6.58. The van der Waals surface area contributed by atoms with E-state index in [1.54, 1.807) is 30.5 Å². The van der Waals surface area contributed by atoms with Crippen LogP contribution in [0.15, 0.2) is 54.7 Å². The first-order chi connectivity index (χ1) is 12.3. The molecule has 0 saturated carbocycles. The van der Waals surface area contributed by atoms with Gasteiger partial charge in [-0.2, -0.15) is 0 Å². The number of nitrogens with zero attached hydrogens (tertiary/aromatic N) is 2. The SMILES string of the molecule is CC(C)(C)NC(=O)c1cccc(C(=O)Nc2cccc3cccnc23)n1. The highest BCUT2D eigenvalue weighted by atomic mass is 16.2. The highest BCUT2D eigenvalue weighted by Gasteiger charge is 2.18. The van der Waals surface area contributed by atoms with E-state index in [0.717, 1.165) is 5.39 Å². The Morgan fingerprint density at radius 1 is 0.885 bits per heavy atom. The number of nitrogens with one attached hydrogen (secondary N) is 2. The van der Waals surface area contributed by atoms with Gasteiger partial charge >= 0.3 is 0 Å². The Morgan fingerprint density at radius 3 is 2.27 bits per heavy atom. The van der Waals surface area contributed by atoms with Crippen molar-refractivity contribution in [2.75, 3.05) is 5.32 Å². The molecular weight excluding hydrogens is 328 g/mol. The Morgan fingerprint density at radius 2 is 1.54 bits per heavy atom. The first kappa shape index (κ1) is 17.5. The van der Waals surface area contributed by atoms with Crippen molar-refractivity contribution < 1.29 is 9.59 Å². The monoisotopic (exact) mass is 348 g/mol. The first-order valence-electron chi connectivity index (χ1n) is 8.28. The van der Waals surface area contributed by atoms with Crippen LogP contribution in [0.3, 0.4) is 0 Å². The van der Waals surface area contributed by atoms with Gasteiger partial charge in [0.15, 0.2) is 0 Å². The highest BCUT2D eigenvalue weighted by Crippen LogP contribution is 2.21. The Balaban J connectivity index is 1.84. The number of aromatic nitrogens is 2. The van der Waals surface area contributed by atoms with Crippen molar-refractivity contribution in [3.63, 3.8) is 0 Å². The second kappa shape index (κ2) is 6.92. The lowest BCUT2D eigenvalue weighted by atomic mass is 10.1. The predicted molar refractivity (Wildman–Crippen MR) is 101 cm³/mol. The van der Waals surface area contributed by atoms with E-state index in [4.69, 9.17) is 0 Å². The Bertz CT molecular complexity index is 971. The molecule has 3 aromatic rings. The van der Waals surface area contributed by atoms with Gasteiger partial charge in [0.25, 0.3) is 11.8 Å². The molecule has 2 aromatic heterocycles. The third-order valence-electron chi connectivity index (χ3n) is 3.58. The fraction of sp³-hybridized carbons (Fsp3) is 0.200. The minimum atomic E-state index is -0.395. The van der Waals surface area contributed by atoms with Crippen molar-refractivity contribution in [3.05, 3.63) is 66.1 Å². The molecular formula is C20H20N4O2. The van der Waals surface area contributed by atoms with Gasteiger partial charge in [0, 0.05) is 17.1 Å². The van der Waals surface area contributed by atoms with Crippen LogP contribution < -0.4 is 10.6 Å². The Hall–Kier alpha value is -3.28. The van der Waals surface area contributed by atoms with Gasteiger partial charge in [0.05, 0.1) is 11.2 Å². The number of rotatable bonds is 3. The van der Waals surface area contributed by atoms with Crippen LogP contribution in [0.4, 0.5) is 5.69 Å². The summed E-state index contributed by atoms with van der Waals surface area (Å²) in [6.45, 7) is 5.65. The molecule has 2 heterocycles. The molecule has 132 valence electrons. The number of pyridine rings is 2. The van der Waals surface area contributed by atoms with Crippen LogP contribution in [-0.4, -0.2) is 27.3 Å². The summed E-state index contributed by atoms with van der Waals surface area (Å²) < 4.78 is 0. The molecule has 0 atom stereocenters. The van der Waals surface area contributed by atoms with Crippen LogP contribution in [0.25, 0.3) is 10.9 Å². The third-order valence-corrected chi connectivity index (χ3v) is 3.58. The van der Waals surface area contributed by atoms with Crippen molar-refractivity contribution >= 4 is 28.4 Å². The number of fused-ring (bicyclic) bond motifs is 1. The number of para-hydroxylation sites is 1. The summed E-state index contributed by atoms with van der Waals surface area (Å²) in [6.07, 6.45) is 1.67. The molecule has 0 aliphatic heterocycles. The van der Waals surface area contributed by atoms with Crippen LogP contribution in [-0.2, 0) is 0 Å². The van der Waals surface area contributed by atoms with Crippen LogP contribution >= 0.6 is 0 Å². The normalized spacial score (nSPS) is 11.2. The fourth-order valence-corrected chi connectivity index (χ4v) is 2.48. The summed E-state index contributed by atoms with van der Waals surface area (Å²) in [7, 11) is 0. The molecule has 2 amide bonds. The molecule has 0 saturated heterocycles. The number of carbonyl (C=O) groups is 2. The summed E-state index contributed by atoms with van der Waals surface area (Å²) in [5.74, 6) is -0.715. The molecule has 0 unspecified atom stereocenters. The molecule has 6 heteroatoms. The molecule has 0 bridgehead atoms. The van der Waals surface area contributed by atoms with Gasteiger partial charge < -0.3 is 10.6 Å². The molecule has 1 aromatic carbocycles. The summed E-state index contributed by atoms with van der Waals surface area (Å²) in [5.41, 5.74) is 1.28. The maximum absolute atomic E-state index is 12.6. The molecule has 6 nitrogen and oxygen atoms in total. The van der Waals surface area contributed by atoms with Crippen molar-refractivity contribution in [1.82, 2.24) is 15.3 Å².